The number of amides is 1. The molecule has 2 unspecified atom stereocenters. The zero-order chi connectivity index (χ0) is 44.2. The molecule has 362 valence electrons. The molecule has 3 N–H and O–H groups in total. The molecular formula is C57H111NO3. The van der Waals surface area contributed by atoms with Crippen molar-refractivity contribution < 1.29 is 15.0 Å². The van der Waals surface area contributed by atoms with Crippen molar-refractivity contribution in [3.05, 3.63) is 24.3 Å². The Morgan fingerprint density at radius 3 is 0.902 bits per heavy atom. The minimum Gasteiger partial charge on any atom is -0.394 e. The Morgan fingerprint density at radius 1 is 0.377 bits per heavy atom. The van der Waals surface area contributed by atoms with E-state index in [9.17, 15) is 15.0 Å². The van der Waals surface area contributed by atoms with E-state index in [0.29, 0.717) is 6.42 Å². The molecule has 1 amide bonds. The molecule has 0 saturated carbocycles. The van der Waals surface area contributed by atoms with Gasteiger partial charge in [-0.3, -0.25) is 4.79 Å². The Kier molecular flexibility index (Phi) is 52.2. The van der Waals surface area contributed by atoms with Crippen molar-refractivity contribution in [3.8, 4) is 0 Å². The van der Waals surface area contributed by atoms with E-state index in [1.165, 1.54) is 270 Å². The lowest BCUT2D eigenvalue weighted by Crippen LogP contribution is -2.45. The fraction of sp³-hybridized carbons (Fsp3) is 0.912. The smallest absolute Gasteiger partial charge is 0.220 e. The SMILES string of the molecule is CCCCCCCCCCCCCC/C=C\CCCCCCCCCCCCCCC(=O)NC(CO)C(O)/C=C/CCCCCCCCCCCCCCCCCCCCC. The van der Waals surface area contributed by atoms with Gasteiger partial charge in [0.2, 0.25) is 5.91 Å². The second-order valence-electron chi connectivity index (χ2n) is 19.4. The van der Waals surface area contributed by atoms with Crippen LogP contribution in [0.25, 0.3) is 0 Å². The largest absolute Gasteiger partial charge is 0.394 e. The topological polar surface area (TPSA) is 69.6 Å². The average molecular weight is 859 g/mol. The number of nitrogens with one attached hydrogen (secondary N) is 1. The quantitative estimate of drug-likeness (QED) is 0.0422. The number of hydrogen-bond acceptors (Lipinski definition) is 3. The molecule has 0 saturated heterocycles. The summed E-state index contributed by atoms with van der Waals surface area (Å²) < 4.78 is 0. The van der Waals surface area contributed by atoms with Gasteiger partial charge < -0.3 is 15.5 Å². The van der Waals surface area contributed by atoms with Crippen molar-refractivity contribution >= 4 is 5.91 Å². The summed E-state index contributed by atoms with van der Waals surface area (Å²) in [4.78, 5) is 12.5. The average Bonchev–Trinajstić information content (AvgIpc) is 3.26. The minimum absolute atomic E-state index is 0.0591. The summed E-state index contributed by atoms with van der Waals surface area (Å²) in [5.41, 5.74) is 0. The number of allylic oxidation sites excluding steroid dienone is 3. The second-order valence-corrected chi connectivity index (χ2v) is 19.4. The zero-order valence-electron chi connectivity index (χ0n) is 41.7. The van der Waals surface area contributed by atoms with Gasteiger partial charge in [-0.15, -0.1) is 0 Å². The van der Waals surface area contributed by atoms with E-state index in [0.717, 1.165) is 25.7 Å². The molecule has 0 aromatic heterocycles. The molecule has 2 atom stereocenters. The normalized spacial score (nSPS) is 12.9. The van der Waals surface area contributed by atoms with E-state index >= 15 is 0 Å². The number of aliphatic hydroxyl groups is 2. The summed E-state index contributed by atoms with van der Waals surface area (Å²) in [5.74, 6) is -0.0591. The van der Waals surface area contributed by atoms with Crippen LogP contribution in [-0.4, -0.2) is 34.9 Å². The third-order valence-electron chi connectivity index (χ3n) is 13.2. The first kappa shape index (κ1) is 59.9. The Morgan fingerprint density at radius 2 is 0.623 bits per heavy atom. The molecule has 0 heterocycles. The van der Waals surface area contributed by atoms with E-state index in [4.69, 9.17) is 0 Å². The molecule has 0 spiro atoms. The van der Waals surface area contributed by atoms with E-state index in [-0.39, 0.29) is 12.5 Å². The summed E-state index contributed by atoms with van der Waals surface area (Å²) in [5, 5.41) is 23.2. The van der Waals surface area contributed by atoms with Gasteiger partial charge in [-0.2, -0.15) is 0 Å². The van der Waals surface area contributed by atoms with E-state index in [1.54, 1.807) is 6.08 Å². The Labute approximate surface area is 383 Å². The number of carbonyl (C=O) groups excluding carboxylic acids is 1. The van der Waals surface area contributed by atoms with Crippen LogP contribution in [0.5, 0.6) is 0 Å². The molecule has 4 nitrogen and oxygen atoms in total. The van der Waals surface area contributed by atoms with Crippen molar-refractivity contribution in [3.63, 3.8) is 0 Å². The monoisotopic (exact) mass is 858 g/mol. The van der Waals surface area contributed by atoms with Crippen LogP contribution in [0.2, 0.25) is 0 Å². The summed E-state index contributed by atoms with van der Waals surface area (Å²) >= 11 is 0. The second kappa shape index (κ2) is 53.2. The predicted octanol–water partition coefficient (Wildman–Crippen LogP) is 18.3. The molecule has 0 aliphatic heterocycles. The van der Waals surface area contributed by atoms with Crippen LogP contribution in [-0.2, 0) is 4.79 Å². The Bertz CT molecular complexity index is 886. The van der Waals surface area contributed by atoms with Crippen LogP contribution in [0.4, 0.5) is 0 Å². The van der Waals surface area contributed by atoms with Crippen LogP contribution in [0, 0.1) is 0 Å². The third-order valence-corrected chi connectivity index (χ3v) is 13.2. The molecule has 0 bridgehead atoms. The van der Waals surface area contributed by atoms with Crippen molar-refractivity contribution in [1.82, 2.24) is 5.32 Å². The van der Waals surface area contributed by atoms with Gasteiger partial charge in [0.15, 0.2) is 0 Å². The van der Waals surface area contributed by atoms with Crippen LogP contribution < -0.4 is 5.32 Å². The fourth-order valence-corrected chi connectivity index (χ4v) is 8.88. The maximum absolute atomic E-state index is 12.5. The van der Waals surface area contributed by atoms with Gasteiger partial charge >= 0.3 is 0 Å². The molecule has 0 aromatic carbocycles. The molecule has 4 heteroatoms. The lowest BCUT2D eigenvalue weighted by molar-refractivity contribution is -0.123. The summed E-state index contributed by atoms with van der Waals surface area (Å²) in [7, 11) is 0. The molecule has 61 heavy (non-hydrogen) atoms. The Hall–Kier alpha value is -1.13. The zero-order valence-corrected chi connectivity index (χ0v) is 41.7. The van der Waals surface area contributed by atoms with E-state index in [2.05, 4.69) is 31.3 Å². The maximum atomic E-state index is 12.5. The van der Waals surface area contributed by atoms with Gasteiger partial charge in [0, 0.05) is 6.42 Å². The van der Waals surface area contributed by atoms with Crippen LogP contribution in [0.15, 0.2) is 24.3 Å². The fourth-order valence-electron chi connectivity index (χ4n) is 8.88. The standard InChI is InChI=1S/C57H111NO3/c1-3-5-7-9-11-13-15-17-19-21-23-25-26-27-28-29-30-31-33-35-37-39-41-43-45-47-49-51-53-57(61)58-55(54-59)56(60)52-50-48-46-44-42-40-38-36-34-32-24-22-20-18-16-14-12-10-8-6-4-2/h27-28,50,52,55-56,59-60H,3-26,29-49,51,53-54H2,1-2H3,(H,58,61)/b28-27-,52-50+. The van der Waals surface area contributed by atoms with Gasteiger partial charge in [0.05, 0.1) is 18.8 Å². The van der Waals surface area contributed by atoms with Gasteiger partial charge in [0.25, 0.3) is 0 Å². The number of hydrogen-bond donors (Lipinski definition) is 3. The first-order valence-electron chi connectivity index (χ1n) is 28.1. The van der Waals surface area contributed by atoms with E-state index < -0.39 is 12.1 Å². The first-order valence-corrected chi connectivity index (χ1v) is 28.1. The molecule has 0 aliphatic rings. The molecule has 0 rings (SSSR count). The lowest BCUT2D eigenvalue weighted by atomic mass is 10.0. The number of aliphatic hydroxyl groups excluding tert-OH is 2. The van der Waals surface area contributed by atoms with Crippen molar-refractivity contribution in [2.24, 2.45) is 0 Å². The maximum Gasteiger partial charge on any atom is 0.220 e. The van der Waals surface area contributed by atoms with Gasteiger partial charge in [0.1, 0.15) is 0 Å². The van der Waals surface area contributed by atoms with Gasteiger partial charge in [-0.05, 0) is 44.9 Å². The minimum atomic E-state index is -0.838. The summed E-state index contributed by atoms with van der Waals surface area (Å²) in [6, 6.07) is -0.621. The van der Waals surface area contributed by atoms with Gasteiger partial charge in [-0.25, -0.2) is 0 Å². The van der Waals surface area contributed by atoms with Crippen LogP contribution in [0.3, 0.4) is 0 Å². The predicted molar refractivity (Wildman–Crippen MR) is 272 cm³/mol. The molecule has 0 radical (unpaired) electrons. The van der Waals surface area contributed by atoms with Crippen molar-refractivity contribution in [1.29, 1.82) is 0 Å². The highest BCUT2D eigenvalue weighted by atomic mass is 16.3. The highest BCUT2D eigenvalue weighted by Gasteiger charge is 2.18. The van der Waals surface area contributed by atoms with E-state index in [1.807, 2.05) is 6.08 Å². The summed E-state index contributed by atoms with van der Waals surface area (Å²) in [6.07, 6.45) is 70.5. The van der Waals surface area contributed by atoms with Crippen molar-refractivity contribution in [2.45, 2.75) is 328 Å². The molecular weight excluding hydrogens is 747 g/mol. The summed E-state index contributed by atoms with van der Waals surface area (Å²) in [6.45, 7) is 4.35. The van der Waals surface area contributed by atoms with Crippen LogP contribution in [0.1, 0.15) is 316 Å². The first-order chi connectivity index (χ1) is 30.2. The van der Waals surface area contributed by atoms with Crippen molar-refractivity contribution in [2.75, 3.05) is 6.61 Å². The third kappa shape index (κ3) is 49.7. The highest BCUT2D eigenvalue weighted by molar-refractivity contribution is 5.76. The number of rotatable bonds is 52. The van der Waals surface area contributed by atoms with Crippen LogP contribution >= 0.6 is 0 Å². The molecule has 0 fully saturated rings. The molecule has 0 aliphatic carbocycles. The van der Waals surface area contributed by atoms with Gasteiger partial charge in [-0.1, -0.05) is 289 Å². The number of unbranched alkanes of at least 4 members (excludes halogenated alkanes) is 43. The highest BCUT2D eigenvalue weighted by Crippen LogP contribution is 2.17. The Balaban J connectivity index is 3.47. The number of carbonyl (C=O) groups is 1. The molecule has 0 aromatic rings. The lowest BCUT2D eigenvalue weighted by Gasteiger charge is -2.20.